The van der Waals surface area contributed by atoms with Crippen molar-refractivity contribution < 1.29 is 14.3 Å². The van der Waals surface area contributed by atoms with E-state index in [1.165, 1.54) is 0 Å². The van der Waals surface area contributed by atoms with Gasteiger partial charge in [-0.15, -0.1) is 0 Å². The molecule has 0 saturated carbocycles. The largest absolute Gasteiger partial charge is 0.486 e. The molecule has 3 rings (SSSR count). The van der Waals surface area contributed by atoms with Crippen LogP contribution in [0.3, 0.4) is 0 Å². The number of nitrogens with one attached hydrogen (secondary N) is 1. The van der Waals surface area contributed by atoms with E-state index in [2.05, 4.69) is 24.1 Å². The molecule has 1 aliphatic heterocycles. The zero-order valence-electron chi connectivity index (χ0n) is 23.0. The molecule has 1 amide bonds. The average Bonchev–Trinajstić information content (AvgIpc) is 3.15. The van der Waals surface area contributed by atoms with Crippen LogP contribution in [0, 0.1) is 5.92 Å². The van der Waals surface area contributed by atoms with E-state index in [1.54, 1.807) is 0 Å². The number of nitrogens with zero attached hydrogens (tertiary/aromatic N) is 2. The molecule has 200 valence electrons. The van der Waals surface area contributed by atoms with Gasteiger partial charge in [0.05, 0.1) is 0 Å². The number of amides is 1. The molecule has 0 bridgehead atoms. The van der Waals surface area contributed by atoms with Crippen LogP contribution < -0.4 is 15.2 Å². The second kappa shape index (κ2) is 13.7. The second-order valence-electron chi connectivity index (χ2n) is 10.4. The van der Waals surface area contributed by atoms with Crippen molar-refractivity contribution in [2.75, 3.05) is 18.4 Å². The number of hydrogen-bond acceptors (Lipinski definition) is 7. The highest BCUT2D eigenvalue weighted by atomic mass is 32.2. The van der Waals surface area contributed by atoms with Crippen molar-refractivity contribution in [1.82, 2.24) is 9.88 Å². The third-order valence-corrected chi connectivity index (χ3v) is 6.36. The van der Waals surface area contributed by atoms with Crippen molar-refractivity contribution >= 4 is 23.9 Å². The summed E-state index contributed by atoms with van der Waals surface area (Å²) >= 11 is 1.09. The molecule has 0 aliphatic carbocycles. The molecule has 36 heavy (non-hydrogen) atoms. The van der Waals surface area contributed by atoms with E-state index in [9.17, 15) is 4.79 Å². The van der Waals surface area contributed by atoms with Gasteiger partial charge >= 0.3 is 6.09 Å². The first-order valence-electron chi connectivity index (χ1n) is 12.9. The molecular formula is C28H44N4O3S. The molecule has 1 atom stereocenters. The van der Waals surface area contributed by atoms with Gasteiger partial charge in [0, 0.05) is 18.6 Å². The van der Waals surface area contributed by atoms with Gasteiger partial charge in [-0.1, -0.05) is 44.2 Å². The Balaban J connectivity index is 0.00000222. The van der Waals surface area contributed by atoms with Crippen LogP contribution in [-0.2, 0) is 11.3 Å². The van der Waals surface area contributed by atoms with E-state index >= 15 is 0 Å². The fourth-order valence-corrected chi connectivity index (χ4v) is 4.68. The van der Waals surface area contributed by atoms with Crippen molar-refractivity contribution in [1.29, 1.82) is 0 Å². The minimum Gasteiger partial charge on any atom is -0.486 e. The molecule has 3 N–H and O–H groups in total. The maximum Gasteiger partial charge on any atom is 0.410 e. The molecular weight excluding hydrogens is 472 g/mol. The van der Waals surface area contributed by atoms with Crippen LogP contribution in [0.4, 0.5) is 10.6 Å². The van der Waals surface area contributed by atoms with E-state index in [0.717, 1.165) is 55.7 Å². The average molecular weight is 517 g/mol. The fraction of sp³-hybridized carbons (Fsp3) is 0.571. The summed E-state index contributed by atoms with van der Waals surface area (Å²) in [6, 6.07) is 13.8. The minimum atomic E-state index is -0.481. The van der Waals surface area contributed by atoms with Gasteiger partial charge in [-0.05, 0) is 89.4 Å². The summed E-state index contributed by atoms with van der Waals surface area (Å²) < 4.78 is 11.5. The molecule has 1 fully saturated rings. The summed E-state index contributed by atoms with van der Waals surface area (Å²) in [5.74, 6) is 1.92. The van der Waals surface area contributed by atoms with Crippen LogP contribution in [0.25, 0.3) is 0 Å². The van der Waals surface area contributed by atoms with E-state index < -0.39 is 5.60 Å². The van der Waals surface area contributed by atoms with Crippen LogP contribution in [0.15, 0.2) is 47.5 Å². The zero-order valence-corrected chi connectivity index (χ0v) is 23.8. The molecule has 0 spiro atoms. The first kappa shape index (κ1) is 29.8. The highest BCUT2D eigenvalue weighted by Gasteiger charge is 2.42. The molecule has 1 aromatic carbocycles. The quantitative estimate of drug-likeness (QED) is 0.277. The number of carbonyl (C=O) groups is 1. The van der Waals surface area contributed by atoms with E-state index in [1.807, 2.05) is 82.0 Å². The summed E-state index contributed by atoms with van der Waals surface area (Å²) in [6.07, 6.45) is 2.78. The van der Waals surface area contributed by atoms with Crippen LogP contribution in [0.1, 0.15) is 73.3 Å². The van der Waals surface area contributed by atoms with Gasteiger partial charge in [-0.3, -0.25) is 5.14 Å². The van der Waals surface area contributed by atoms with Crippen molar-refractivity contribution in [3.63, 3.8) is 0 Å². The summed E-state index contributed by atoms with van der Waals surface area (Å²) in [5, 5.41) is 9.88. The highest BCUT2D eigenvalue weighted by molar-refractivity contribution is 7.97. The number of anilines is 1. The van der Waals surface area contributed by atoms with Crippen molar-refractivity contribution in [2.45, 2.75) is 90.5 Å². The third kappa shape index (κ3) is 9.21. The summed E-state index contributed by atoms with van der Waals surface area (Å²) in [5.41, 5.74) is 0.425. The number of aromatic nitrogens is 1. The Morgan fingerprint density at radius 1 is 1.19 bits per heavy atom. The Kier molecular flexibility index (Phi) is 11.4. The Hall–Kier alpha value is -2.45. The molecule has 2 heterocycles. The molecule has 7 nitrogen and oxygen atoms in total. The standard InChI is InChI=1S/C26H38N4O3S.C2H6/c1-25(2,3)33-24(31)30-17-20(16-26(30,4)5)12-9-15-28-22-14-13-21(23(29-22)34-27)32-18-19-10-7-6-8-11-19;1-2/h6-8,10-11,13-14,20H,9,12,15-18,27H2,1-5H3,(H,28,29);1-2H3. The van der Waals surface area contributed by atoms with Crippen LogP contribution >= 0.6 is 11.9 Å². The number of nitrogens with two attached hydrogens (primary N) is 1. The number of hydrogen-bond donors (Lipinski definition) is 2. The number of pyridine rings is 1. The number of benzene rings is 1. The van der Waals surface area contributed by atoms with E-state index in [-0.39, 0.29) is 11.6 Å². The van der Waals surface area contributed by atoms with Crippen LogP contribution in [0.5, 0.6) is 5.75 Å². The minimum absolute atomic E-state index is 0.190. The van der Waals surface area contributed by atoms with Gasteiger partial charge in [0.2, 0.25) is 0 Å². The predicted octanol–water partition coefficient (Wildman–Crippen LogP) is 6.88. The van der Waals surface area contributed by atoms with Crippen molar-refractivity contribution in [3.05, 3.63) is 48.0 Å². The molecule has 1 saturated heterocycles. The summed E-state index contributed by atoms with van der Waals surface area (Å²) in [6.45, 7) is 16.0. The normalized spacial score (nSPS) is 16.7. The van der Waals surface area contributed by atoms with Gasteiger partial charge in [0.1, 0.15) is 18.0 Å². The smallest absolute Gasteiger partial charge is 0.410 e. The monoisotopic (exact) mass is 516 g/mol. The van der Waals surface area contributed by atoms with Crippen LogP contribution in [-0.4, -0.2) is 40.2 Å². The lowest BCUT2D eigenvalue weighted by atomic mass is 9.93. The lowest BCUT2D eigenvalue weighted by Gasteiger charge is -2.33. The molecule has 1 unspecified atom stereocenters. The lowest BCUT2D eigenvalue weighted by molar-refractivity contribution is 0.0131. The van der Waals surface area contributed by atoms with E-state index in [0.29, 0.717) is 23.3 Å². The maximum absolute atomic E-state index is 12.6. The van der Waals surface area contributed by atoms with Gasteiger partial charge in [-0.25, -0.2) is 9.78 Å². The molecule has 0 radical (unpaired) electrons. The number of ether oxygens (including phenoxy) is 2. The van der Waals surface area contributed by atoms with Gasteiger partial charge < -0.3 is 19.7 Å². The summed E-state index contributed by atoms with van der Waals surface area (Å²) in [4.78, 5) is 19.1. The molecule has 8 heteroatoms. The molecule has 2 aromatic rings. The predicted molar refractivity (Wildman–Crippen MR) is 149 cm³/mol. The first-order valence-corrected chi connectivity index (χ1v) is 13.7. The van der Waals surface area contributed by atoms with E-state index in [4.69, 9.17) is 14.6 Å². The lowest BCUT2D eigenvalue weighted by Crippen LogP contribution is -2.45. The number of rotatable bonds is 9. The topological polar surface area (TPSA) is 89.7 Å². The third-order valence-electron chi connectivity index (χ3n) is 5.84. The Morgan fingerprint density at radius 3 is 2.53 bits per heavy atom. The molecule has 1 aromatic heterocycles. The van der Waals surface area contributed by atoms with Crippen LogP contribution in [0.2, 0.25) is 0 Å². The fourth-order valence-electron chi connectivity index (χ4n) is 4.28. The molecule has 1 aliphatic rings. The second-order valence-corrected chi connectivity index (χ2v) is 11.1. The highest BCUT2D eigenvalue weighted by Crippen LogP contribution is 2.36. The Morgan fingerprint density at radius 2 is 1.89 bits per heavy atom. The number of likely N-dealkylation sites (tertiary alicyclic amines) is 1. The van der Waals surface area contributed by atoms with Crippen molar-refractivity contribution in [2.24, 2.45) is 11.1 Å². The summed E-state index contributed by atoms with van der Waals surface area (Å²) in [7, 11) is 0. The van der Waals surface area contributed by atoms with Gasteiger partial charge in [-0.2, -0.15) is 0 Å². The van der Waals surface area contributed by atoms with Gasteiger partial charge in [0.15, 0.2) is 10.8 Å². The van der Waals surface area contributed by atoms with Gasteiger partial charge in [0.25, 0.3) is 0 Å². The zero-order chi connectivity index (χ0) is 26.8. The SMILES string of the molecule is CC.CC(C)(C)OC(=O)N1CC(CCCNc2ccc(OCc3ccccc3)c(SN)n2)CC1(C)C. The Bertz CT molecular complexity index is 948. The first-order chi connectivity index (χ1) is 17.1. The maximum atomic E-state index is 12.6. The van der Waals surface area contributed by atoms with Crippen molar-refractivity contribution in [3.8, 4) is 5.75 Å². The Labute approximate surface area is 221 Å². The number of carbonyl (C=O) groups excluding carboxylic acids is 1.